The molecule has 7 heteroatoms. The van der Waals surface area contributed by atoms with E-state index in [9.17, 15) is 4.79 Å². The Balaban J connectivity index is 1.94. The number of nitrogens with zero attached hydrogens (tertiary/aromatic N) is 3. The summed E-state index contributed by atoms with van der Waals surface area (Å²) in [5.74, 6) is 0.498. The second-order valence-electron chi connectivity index (χ2n) is 5.34. The van der Waals surface area contributed by atoms with Crippen molar-refractivity contribution in [2.75, 3.05) is 19.7 Å². The number of hydrogen-bond donors (Lipinski definition) is 1. The number of morpholine rings is 1. The minimum Gasteiger partial charge on any atom is -0.376 e. The van der Waals surface area contributed by atoms with Crippen molar-refractivity contribution in [3.05, 3.63) is 12.2 Å². The van der Waals surface area contributed by atoms with Crippen LogP contribution < -0.4 is 5.32 Å². The van der Waals surface area contributed by atoms with Gasteiger partial charge in [0.05, 0.1) is 24.8 Å². The van der Waals surface area contributed by atoms with Crippen LogP contribution in [0, 0.1) is 0 Å². The third kappa shape index (κ3) is 4.01. The third-order valence-corrected chi connectivity index (χ3v) is 3.88. The van der Waals surface area contributed by atoms with Gasteiger partial charge in [0, 0.05) is 13.1 Å². The van der Waals surface area contributed by atoms with Gasteiger partial charge in [-0.25, -0.2) is 0 Å². The quantitative estimate of drug-likeness (QED) is 0.848. The molecule has 1 aromatic rings. The first-order valence-electron chi connectivity index (χ1n) is 7.58. The largest absolute Gasteiger partial charge is 0.376 e. The van der Waals surface area contributed by atoms with Gasteiger partial charge in [-0.3, -0.25) is 9.69 Å². The highest BCUT2D eigenvalue weighted by molar-refractivity contribution is 5.82. The lowest BCUT2D eigenvalue weighted by Gasteiger charge is -2.37. The summed E-state index contributed by atoms with van der Waals surface area (Å²) in [7, 11) is 0. The molecule has 1 N–H and O–H groups in total. The van der Waals surface area contributed by atoms with Gasteiger partial charge in [-0.2, -0.15) is 4.98 Å². The van der Waals surface area contributed by atoms with E-state index in [4.69, 9.17) is 9.26 Å². The van der Waals surface area contributed by atoms with Gasteiger partial charge in [0.1, 0.15) is 0 Å². The SMILES string of the molecule is CC[C@@H]1CN([C@H](CC)C(=O)N[C@H](C)c2ncon2)CCO1. The molecule has 7 nitrogen and oxygen atoms in total. The van der Waals surface area contributed by atoms with Crippen LogP contribution >= 0.6 is 0 Å². The predicted octanol–water partition coefficient (Wildman–Crippen LogP) is 1.14. The van der Waals surface area contributed by atoms with Gasteiger partial charge in [0.15, 0.2) is 5.82 Å². The number of carbonyl (C=O) groups excluding carboxylic acids is 1. The Kier molecular flexibility index (Phi) is 5.69. The van der Waals surface area contributed by atoms with Crippen molar-refractivity contribution >= 4 is 5.91 Å². The lowest BCUT2D eigenvalue weighted by molar-refractivity contribution is -0.131. The van der Waals surface area contributed by atoms with Crippen molar-refractivity contribution in [1.82, 2.24) is 20.4 Å². The average molecular weight is 296 g/mol. The topological polar surface area (TPSA) is 80.5 Å². The van der Waals surface area contributed by atoms with Crippen molar-refractivity contribution in [3.8, 4) is 0 Å². The van der Waals surface area contributed by atoms with E-state index in [1.54, 1.807) is 0 Å². The number of nitrogens with one attached hydrogen (secondary N) is 1. The molecule has 1 aromatic heterocycles. The fourth-order valence-corrected chi connectivity index (χ4v) is 2.63. The number of aromatic nitrogens is 2. The van der Waals surface area contributed by atoms with Gasteiger partial charge in [-0.15, -0.1) is 0 Å². The summed E-state index contributed by atoms with van der Waals surface area (Å²) in [5.41, 5.74) is 0. The predicted molar refractivity (Wildman–Crippen MR) is 76.5 cm³/mol. The summed E-state index contributed by atoms with van der Waals surface area (Å²) in [4.78, 5) is 18.7. The van der Waals surface area contributed by atoms with Gasteiger partial charge in [-0.05, 0) is 19.8 Å². The average Bonchev–Trinajstić information content (AvgIpc) is 3.02. The third-order valence-electron chi connectivity index (χ3n) is 3.88. The first-order chi connectivity index (χ1) is 10.2. The molecular formula is C14H24N4O3. The Hall–Kier alpha value is -1.47. The Morgan fingerprint density at radius 2 is 2.38 bits per heavy atom. The van der Waals surface area contributed by atoms with Crippen molar-refractivity contribution in [1.29, 1.82) is 0 Å². The fourth-order valence-electron chi connectivity index (χ4n) is 2.63. The zero-order valence-electron chi connectivity index (χ0n) is 12.9. The van der Waals surface area contributed by atoms with Gasteiger partial charge in [0.25, 0.3) is 0 Å². The van der Waals surface area contributed by atoms with Gasteiger partial charge < -0.3 is 14.6 Å². The van der Waals surface area contributed by atoms with E-state index in [2.05, 4.69) is 27.3 Å². The maximum absolute atomic E-state index is 12.5. The molecule has 0 saturated carbocycles. The van der Waals surface area contributed by atoms with E-state index < -0.39 is 0 Å². The molecule has 1 amide bonds. The van der Waals surface area contributed by atoms with Crippen LogP contribution in [0.1, 0.15) is 45.5 Å². The zero-order valence-corrected chi connectivity index (χ0v) is 12.9. The highest BCUT2D eigenvalue weighted by Crippen LogP contribution is 2.15. The Bertz CT molecular complexity index is 437. The van der Waals surface area contributed by atoms with Crippen LogP contribution in [0.5, 0.6) is 0 Å². The number of hydrogen-bond acceptors (Lipinski definition) is 6. The van der Waals surface area contributed by atoms with E-state index in [1.807, 2.05) is 13.8 Å². The lowest BCUT2D eigenvalue weighted by atomic mass is 10.1. The summed E-state index contributed by atoms with van der Waals surface area (Å²) < 4.78 is 10.4. The summed E-state index contributed by atoms with van der Waals surface area (Å²) in [5, 5.41) is 6.71. The van der Waals surface area contributed by atoms with Crippen molar-refractivity contribution in [2.45, 2.75) is 51.8 Å². The number of carbonyl (C=O) groups is 1. The maximum Gasteiger partial charge on any atom is 0.237 e. The number of amides is 1. The van der Waals surface area contributed by atoms with Gasteiger partial charge >= 0.3 is 0 Å². The monoisotopic (exact) mass is 296 g/mol. The summed E-state index contributed by atoms with van der Waals surface area (Å²) in [6, 6.07) is -0.398. The number of ether oxygens (including phenoxy) is 1. The van der Waals surface area contributed by atoms with Crippen LogP contribution in [0.4, 0.5) is 0 Å². The molecule has 1 aliphatic rings. The van der Waals surface area contributed by atoms with Crippen LogP contribution in [0.3, 0.4) is 0 Å². The second kappa shape index (κ2) is 7.51. The second-order valence-corrected chi connectivity index (χ2v) is 5.34. The van der Waals surface area contributed by atoms with E-state index in [0.717, 1.165) is 25.9 Å². The van der Waals surface area contributed by atoms with E-state index >= 15 is 0 Å². The van der Waals surface area contributed by atoms with Gasteiger partial charge in [0.2, 0.25) is 12.3 Å². The molecule has 0 spiro atoms. The molecule has 1 fully saturated rings. The molecule has 21 heavy (non-hydrogen) atoms. The highest BCUT2D eigenvalue weighted by atomic mass is 16.5. The Morgan fingerprint density at radius 3 is 3.00 bits per heavy atom. The highest BCUT2D eigenvalue weighted by Gasteiger charge is 2.30. The Labute approximate surface area is 125 Å². The molecule has 0 unspecified atom stereocenters. The molecule has 0 aliphatic carbocycles. The molecule has 3 atom stereocenters. The van der Waals surface area contributed by atoms with Gasteiger partial charge in [-0.1, -0.05) is 19.0 Å². The summed E-state index contributed by atoms with van der Waals surface area (Å²) >= 11 is 0. The van der Waals surface area contributed by atoms with Crippen molar-refractivity contribution in [2.24, 2.45) is 0 Å². The molecule has 0 aromatic carbocycles. The molecule has 1 aliphatic heterocycles. The molecule has 0 radical (unpaired) electrons. The fraction of sp³-hybridized carbons (Fsp3) is 0.786. The van der Waals surface area contributed by atoms with E-state index in [-0.39, 0.29) is 24.1 Å². The van der Waals surface area contributed by atoms with E-state index in [0.29, 0.717) is 12.4 Å². The first-order valence-corrected chi connectivity index (χ1v) is 7.58. The molecule has 1 saturated heterocycles. The Morgan fingerprint density at radius 1 is 1.57 bits per heavy atom. The first kappa shape index (κ1) is 15.9. The minimum atomic E-state index is -0.256. The summed E-state index contributed by atoms with van der Waals surface area (Å²) in [6.45, 7) is 8.26. The standard InChI is InChI=1S/C14H24N4O3/c1-4-11-8-18(6-7-20-11)12(5-2)14(19)16-10(3)13-15-9-21-17-13/h9-12H,4-8H2,1-3H3,(H,16,19)/t10-,11-,12-/m1/s1. The van der Waals surface area contributed by atoms with Crippen LogP contribution in [-0.2, 0) is 9.53 Å². The molecule has 118 valence electrons. The smallest absolute Gasteiger partial charge is 0.237 e. The van der Waals surface area contributed by atoms with E-state index in [1.165, 1.54) is 6.39 Å². The molecule has 0 bridgehead atoms. The van der Waals surface area contributed by atoms with Crippen LogP contribution in [-0.4, -0.2) is 52.8 Å². The molecular weight excluding hydrogens is 272 g/mol. The zero-order chi connectivity index (χ0) is 15.2. The van der Waals surface area contributed by atoms with Crippen molar-refractivity contribution < 1.29 is 14.1 Å². The normalized spacial score (nSPS) is 22.7. The summed E-state index contributed by atoms with van der Waals surface area (Å²) in [6.07, 6.45) is 3.22. The lowest BCUT2D eigenvalue weighted by Crippen LogP contribution is -2.53. The van der Waals surface area contributed by atoms with Crippen LogP contribution in [0.25, 0.3) is 0 Å². The molecule has 2 rings (SSSR count). The van der Waals surface area contributed by atoms with Crippen LogP contribution in [0.2, 0.25) is 0 Å². The minimum absolute atomic E-state index is 0.00607. The van der Waals surface area contributed by atoms with Crippen LogP contribution in [0.15, 0.2) is 10.9 Å². The molecule has 2 heterocycles. The number of rotatable bonds is 6. The maximum atomic E-state index is 12.5. The van der Waals surface area contributed by atoms with Crippen molar-refractivity contribution in [3.63, 3.8) is 0 Å².